The van der Waals surface area contributed by atoms with E-state index in [1.165, 1.54) is 12.1 Å². The second-order valence-electron chi connectivity index (χ2n) is 7.69. The molecule has 0 fully saturated rings. The van der Waals surface area contributed by atoms with Gasteiger partial charge in [0.15, 0.2) is 17.8 Å². The molecule has 1 amide bonds. The Labute approximate surface area is 203 Å². The lowest BCUT2D eigenvalue weighted by atomic mass is 10.1. The van der Waals surface area contributed by atoms with Gasteiger partial charge in [0.2, 0.25) is 5.91 Å². The molecule has 0 aliphatic carbocycles. The number of carbonyl (C=O) groups is 1. The topological polar surface area (TPSA) is 93.9 Å². The van der Waals surface area contributed by atoms with E-state index in [0.717, 1.165) is 34.8 Å². The number of alkyl halides is 2. The lowest BCUT2D eigenvalue weighted by Gasteiger charge is -2.17. The Morgan fingerprint density at radius 2 is 1.89 bits per heavy atom. The molecule has 0 saturated heterocycles. The van der Waals surface area contributed by atoms with Crippen LogP contribution >= 0.6 is 11.6 Å². The van der Waals surface area contributed by atoms with Crippen LogP contribution in [0.2, 0.25) is 5.02 Å². The molecule has 0 aliphatic heterocycles. The number of rotatable bonds is 8. The first-order valence-electron chi connectivity index (χ1n) is 10.5. The highest BCUT2D eigenvalue weighted by Gasteiger charge is 2.39. The van der Waals surface area contributed by atoms with Crippen LogP contribution in [0, 0.1) is 11.0 Å². The number of anilines is 1. The fourth-order valence-electron chi connectivity index (χ4n) is 3.52. The van der Waals surface area contributed by atoms with Gasteiger partial charge in [-0.3, -0.25) is 9.78 Å². The largest absolute Gasteiger partial charge is 0.618 e. The van der Waals surface area contributed by atoms with Crippen LogP contribution in [0.25, 0.3) is 10.8 Å². The molecule has 3 aromatic heterocycles. The Bertz CT molecular complexity index is 1380. The molecular weight excluding hydrogens is 483 g/mol. The smallest absolute Gasteiger partial charge is 0.347 e. The number of benzene rings is 1. The molecule has 0 bridgehead atoms. The Morgan fingerprint density at radius 3 is 2.69 bits per heavy atom. The number of nitrogens with zero attached hydrogens (tertiary/aromatic N) is 3. The SMILES string of the molecule is O=C(Cc1c(Cl)cnc(NCC(F)(F)c2cccc[n+]2[O-])c1F)NCc1cncc2ccccc12. The maximum Gasteiger partial charge on any atom is 0.347 e. The summed E-state index contributed by atoms with van der Waals surface area (Å²) in [7, 11) is 0. The molecule has 0 atom stereocenters. The third-order valence-electron chi connectivity index (χ3n) is 5.31. The van der Waals surface area contributed by atoms with Crippen molar-refractivity contribution in [1.82, 2.24) is 15.3 Å². The molecule has 11 heteroatoms. The van der Waals surface area contributed by atoms with E-state index in [1.54, 1.807) is 12.4 Å². The van der Waals surface area contributed by atoms with E-state index < -0.39 is 42.1 Å². The highest BCUT2D eigenvalue weighted by molar-refractivity contribution is 6.31. The van der Waals surface area contributed by atoms with E-state index in [9.17, 15) is 18.8 Å². The fourth-order valence-corrected chi connectivity index (χ4v) is 3.72. The zero-order valence-electron chi connectivity index (χ0n) is 18.1. The van der Waals surface area contributed by atoms with Gasteiger partial charge in [-0.15, -0.1) is 0 Å². The van der Waals surface area contributed by atoms with Gasteiger partial charge in [0.25, 0.3) is 5.69 Å². The summed E-state index contributed by atoms with van der Waals surface area (Å²) in [4.78, 5) is 20.4. The number of pyridine rings is 3. The van der Waals surface area contributed by atoms with E-state index in [4.69, 9.17) is 11.6 Å². The van der Waals surface area contributed by atoms with Crippen molar-refractivity contribution in [2.45, 2.75) is 18.9 Å². The number of aromatic nitrogens is 3. The minimum atomic E-state index is -3.61. The average molecular weight is 502 g/mol. The summed E-state index contributed by atoms with van der Waals surface area (Å²) in [6.07, 6.45) is 4.91. The van der Waals surface area contributed by atoms with Crippen LogP contribution in [0.15, 0.2) is 67.3 Å². The molecule has 7 nitrogen and oxygen atoms in total. The second kappa shape index (κ2) is 10.1. The molecule has 0 spiro atoms. The first-order chi connectivity index (χ1) is 16.8. The van der Waals surface area contributed by atoms with Gasteiger partial charge in [-0.05, 0) is 17.0 Å². The van der Waals surface area contributed by atoms with Crippen molar-refractivity contribution in [1.29, 1.82) is 0 Å². The van der Waals surface area contributed by atoms with Gasteiger partial charge in [-0.1, -0.05) is 35.9 Å². The van der Waals surface area contributed by atoms with Gasteiger partial charge < -0.3 is 15.8 Å². The van der Waals surface area contributed by atoms with Crippen LogP contribution in [0.5, 0.6) is 0 Å². The predicted octanol–water partition coefficient (Wildman–Crippen LogP) is 4.12. The number of hydrogen-bond acceptors (Lipinski definition) is 5. The third kappa shape index (κ3) is 5.43. The first kappa shape index (κ1) is 24.2. The van der Waals surface area contributed by atoms with Crippen molar-refractivity contribution in [3.63, 3.8) is 0 Å². The van der Waals surface area contributed by atoms with Gasteiger partial charge in [0.1, 0.15) is 0 Å². The summed E-state index contributed by atoms with van der Waals surface area (Å²) in [6.45, 7) is -0.939. The van der Waals surface area contributed by atoms with Crippen molar-refractivity contribution in [2.24, 2.45) is 0 Å². The molecule has 0 saturated carbocycles. The number of nitrogens with one attached hydrogen (secondary N) is 2. The van der Waals surface area contributed by atoms with E-state index in [1.807, 2.05) is 24.3 Å². The highest BCUT2D eigenvalue weighted by atomic mass is 35.5. The summed E-state index contributed by atoms with van der Waals surface area (Å²) in [5, 5.41) is 18.3. The third-order valence-corrected chi connectivity index (χ3v) is 5.63. The van der Waals surface area contributed by atoms with Crippen molar-refractivity contribution in [3.05, 3.63) is 100 Å². The molecule has 4 rings (SSSR count). The number of carbonyl (C=O) groups excluding carboxylic acids is 1. The van der Waals surface area contributed by atoms with Crippen LogP contribution in [0.3, 0.4) is 0 Å². The average Bonchev–Trinajstić information content (AvgIpc) is 2.85. The van der Waals surface area contributed by atoms with E-state index in [-0.39, 0.29) is 21.9 Å². The van der Waals surface area contributed by atoms with Crippen LogP contribution in [-0.4, -0.2) is 22.4 Å². The molecule has 1 aromatic carbocycles. The van der Waals surface area contributed by atoms with Gasteiger partial charge >= 0.3 is 5.92 Å². The van der Waals surface area contributed by atoms with Crippen LogP contribution in [-0.2, 0) is 23.7 Å². The Balaban J connectivity index is 1.45. The molecule has 3 heterocycles. The van der Waals surface area contributed by atoms with E-state index in [0.29, 0.717) is 0 Å². The molecule has 0 aliphatic rings. The number of fused-ring (bicyclic) bond motifs is 1. The molecule has 2 N–H and O–H groups in total. The van der Waals surface area contributed by atoms with Gasteiger partial charge in [-0.25, -0.2) is 9.37 Å². The number of amides is 1. The lowest BCUT2D eigenvalue weighted by Crippen LogP contribution is -2.41. The van der Waals surface area contributed by atoms with Crippen molar-refractivity contribution in [3.8, 4) is 0 Å². The molecule has 180 valence electrons. The zero-order chi connectivity index (χ0) is 25.0. The Morgan fingerprint density at radius 1 is 1.11 bits per heavy atom. The molecular formula is C24H19ClF3N5O2. The van der Waals surface area contributed by atoms with E-state index >= 15 is 4.39 Å². The van der Waals surface area contributed by atoms with E-state index in [2.05, 4.69) is 20.6 Å². The zero-order valence-corrected chi connectivity index (χ0v) is 18.9. The normalized spacial score (nSPS) is 11.4. The Hall–Kier alpha value is -3.92. The van der Waals surface area contributed by atoms with Crippen LogP contribution in [0.4, 0.5) is 19.0 Å². The molecule has 4 aromatic rings. The second-order valence-corrected chi connectivity index (χ2v) is 8.10. The predicted molar refractivity (Wildman–Crippen MR) is 124 cm³/mol. The quantitative estimate of drug-likeness (QED) is 0.280. The van der Waals surface area contributed by atoms with Gasteiger partial charge in [0.05, 0.1) is 18.0 Å². The van der Waals surface area contributed by atoms with Gasteiger partial charge in [-0.2, -0.15) is 13.5 Å². The van der Waals surface area contributed by atoms with Crippen LogP contribution < -0.4 is 15.4 Å². The van der Waals surface area contributed by atoms with Crippen molar-refractivity contribution < 1.29 is 22.7 Å². The molecule has 35 heavy (non-hydrogen) atoms. The summed E-state index contributed by atoms with van der Waals surface area (Å²) in [6, 6.07) is 11.1. The molecule has 0 unspecified atom stereocenters. The summed E-state index contributed by atoms with van der Waals surface area (Å²) >= 11 is 6.03. The summed E-state index contributed by atoms with van der Waals surface area (Å²) < 4.78 is 44.0. The summed E-state index contributed by atoms with van der Waals surface area (Å²) in [5.41, 5.74) is -0.220. The number of hydrogen-bond donors (Lipinski definition) is 2. The maximum absolute atomic E-state index is 15.0. The van der Waals surface area contributed by atoms with Gasteiger partial charge in [0, 0.05) is 48.2 Å². The Kier molecular flexibility index (Phi) is 7.02. The fraction of sp³-hybridized carbons (Fsp3) is 0.167. The number of halogens is 4. The maximum atomic E-state index is 15.0. The lowest BCUT2D eigenvalue weighted by molar-refractivity contribution is -0.624. The first-order valence-corrected chi connectivity index (χ1v) is 10.9. The standard InChI is InChI=1S/C24H19ClF3N5O2/c25-19-13-31-23(32-14-24(27,28)20-7-3-4-8-33(20)35)22(26)18(19)9-21(34)30-12-16-11-29-10-15-5-1-2-6-17(15)16/h1-8,10-11,13H,9,12,14H2,(H,30,34)(H,31,32). The minimum Gasteiger partial charge on any atom is -0.618 e. The monoisotopic (exact) mass is 501 g/mol. The highest BCUT2D eigenvalue weighted by Crippen LogP contribution is 2.28. The molecule has 0 radical (unpaired) electrons. The summed E-state index contributed by atoms with van der Waals surface area (Å²) in [5.74, 6) is -5.68. The van der Waals surface area contributed by atoms with Crippen LogP contribution in [0.1, 0.15) is 16.8 Å². The minimum absolute atomic E-state index is 0.0363. The van der Waals surface area contributed by atoms with Crippen molar-refractivity contribution in [2.75, 3.05) is 11.9 Å². The van der Waals surface area contributed by atoms with Crippen molar-refractivity contribution >= 4 is 34.1 Å².